The summed E-state index contributed by atoms with van der Waals surface area (Å²) in [6.45, 7) is 1.99. The highest BCUT2D eigenvalue weighted by atomic mass is 32.2. The molecule has 27 heavy (non-hydrogen) atoms. The van der Waals surface area contributed by atoms with Crippen molar-refractivity contribution in [2.45, 2.75) is 12.7 Å². The average Bonchev–Trinajstić information content (AvgIpc) is 3.09. The number of anilines is 1. The SMILES string of the molecule is COC(=O)c1ccc(CS(=O)(=O)Nc2nnc(-c3ccc(C)cc3)s2)cc1. The quantitative estimate of drug-likeness (QED) is 0.635. The van der Waals surface area contributed by atoms with Gasteiger partial charge in [0.15, 0.2) is 0 Å². The van der Waals surface area contributed by atoms with E-state index in [1.807, 2.05) is 31.2 Å². The van der Waals surface area contributed by atoms with Crippen LogP contribution in [0.15, 0.2) is 48.5 Å². The molecular formula is C18H17N3O4S2. The first kappa shape index (κ1) is 19.0. The van der Waals surface area contributed by atoms with Crippen LogP contribution in [0.25, 0.3) is 10.6 Å². The van der Waals surface area contributed by atoms with E-state index < -0.39 is 16.0 Å². The van der Waals surface area contributed by atoms with E-state index in [2.05, 4.69) is 19.7 Å². The fourth-order valence-electron chi connectivity index (χ4n) is 2.32. The number of rotatable bonds is 6. The smallest absolute Gasteiger partial charge is 0.337 e. The first-order valence-corrected chi connectivity index (χ1v) is 10.4. The van der Waals surface area contributed by atoms with Gasteiger partial charge in [-0.25, -0.2) is 13.2 Å². The number of carbonyl (C=O) groups excluding carboxylic acids is 1. The Labute approximate surface area is 161 Å². The summed E-state index contributed by atoms with van der Waals surface area (Å²) in [5.41, 5.74) is 2.90. The van der Waals surface area contributed by atoms with Gasteiger partial charge in [-0.05, 0) is 24.6 Å². The molecule has 0 bridgehead atoms. The maximum Gasteiger partial charge on any atom is 0.337 e. The standard InChI is InChI=1S/C18H17N3O4S2/c1-12-3-7-14(8-4-12)16-19-20-18(26-16)21-27(23,24)11-13-5-9-15(10-6-13)17(22)25-2/h3-10H,11H2,1-2H3,(H,20,21). The third kappa shape index (κ3) is 4.89. The summed E-state index contributed by atoms with van der Waals surface area (Å²) in [7, 11) is -2.37. The Hall–Kier alpha value is -2.78. The van der Waals surface area contributed by atoms with Gasteiger partial charge in [-0.2, -0.15) is 0 Å². The lowest BCUT2D eigenvalue weighted by Crippen LogP contribution is -2.15. The summed E-state index contributed by atoms with van der Waals surface area (Å²) < 4.78 is 31.8. The predicted octanol–water partition coefficient (Wildman–Crippen LogP) is 3.24. The highest BCUT2D eigenvalue weighted by Crippen LogP contribution is 2.27. The Morgan fingerprint density at radius 2 is 1.74 bits per heavy atom. The van der Waals surface area contributed by atoms with Crippen molar-refractivity contribution in [3.8, 4) is 10.6 Å². The minimum atomic E-state index is -3.66. The molecule has 7 nitrogen and oxygen atoms in total. The van der Waals surface area contributed by atoms with Crippen LogP contribution in [-0.4, -0.2) is 31.7 Å². The second-order valence-corrected chi connectivity index (χ2v) is 8.53. The van der Waals surface area contributed by atoms with Crippen molar-refractivity contribution in [3.63, 3.8) is 0 Å². The van der Waals surface area contributed by atoms with Gasteiger partial charge >= 0.3 is 5.97 Å². The lowest BCUT2D eigenvalue weighted by Gasteiger charge is -2.05. The zero-order valence-corrected chi connectivity index (χ0v) is 16.3. The molecule has 0 saturated heterocycles. The van der Waals surface area contributed by atoms with Gasteiger partial charge in [0.25, 0.3) is 0 Å². The molecule has 9 heteroatoms. The Morgan fingerprint density at radius 1 is 1.07 bits per heavy atom. The van der Waals surface area contributed by atoms with Gasteiger partial charge in [0, 0.05) is 5.56 Å². The number of nitrogens with zero attached hydrogens (tertiary/aromatic N) is 2. The van der Waals surface area contributed by atoms with Gasteiger partial charge in [-0.15, -0.1) is 10.2 Å². The van der Waals surface area contributed by atoms with Crippen LogP contribution in [0, 0.1) is 6.92 Å². The number of esters is 1. The number of hydrogen-bond donors (Lipinski definition) is 1. The van der Waals surface area contributed by atoms with E-state index in [1.54, 1.807) is 12.1 Å². The van der Waals surface area contributed by atoms with Crippen LogP contribution >= 0.6 is 11.3 Å². The second kappa shape index (κ2) is 7.85. The third-order valence-electron chi connectivity index (χ3n) is 3.70. The molecule has 0 spiro atoms. The van der Waals surface area contributed by atoms with Crippen molar-refractivity contribution in [1.82, 2.24) is 10.2 Å². The van der Waals surface area contributed by atoms with Gasteiger partial charge in [-0.3, -0.25) is 4.72 Å². The van der Waals surface area contributed by atoms with E-state index in [4.69, 9.17) is 0 Å². The van der Waals surface area contributed by atoms with Gasteiger partial charge in [-0.1, -0.05) is 53.3 Å². The lowest BCUT2D eigenvalue weighted by molar-refractivity contribution is 0.0600. The van der Waals surface area contributed by atoms with Crippen LogP contribution in [0.2, 0.25) is 0 Å². The normalized spacial score (nSPS) is 11.2. The number of aromatic nitrogens is 2. The molecule has 0 fully saturated rings. The molecule has 0 amide bonds. The van der Waals surface area contributed by atoms with Crippen LogP contribution in [0.5, 0.6) is 0 Å². The van der Waals surface area contributed by atoms with Crippen molar-refractivity contribution in [2.24, 2.45) is 0 Å². The highest BCUT2D eigenvalue weighted by Gasteiger charge is 2.16. The summed E-state index contributed by atoms with van der Waals surface area (Å²) in [6, 6.07) is 13.9. The first-order valence-electron chi connectivity index (χ1n) is 7.94. The minimum Gasteiger partial charge on any atom is -0.465 e. The largest absolute Gasteiger partial charge is 0.465 e. The monoisotopic (exact) mass is 403 g/mol. The van der Waals surface area contributed by atoms with Crippen LogP contribution in [-0.2, 0) is 20.5 Å². The fourth-order valence-corrected chi connectivity index (χ4v) is 4.48. The molecule has 1 heterocycles. The van der Waals surface area contributed by atoms with Crippen LogP contribution in [0.4, 0.5) is 5.13 Å². The van der Waals surface area contributed by atoms with Crippen molar-refractivity contribution in [1.29, 1.82) is 0 Å². The molecule has 0 aliphatic rings. The Kier molecular flexibility index (Phi) is 5.52. The molecule has 3 aromatic rings. The highest BCUT2D eigenvalue weighted by molar-refractivity contribution is 7.92. The number of sulfonamides is 1. The maximum atomic E-state index is 12.4. The average molecular weight is 403 g/mol. The van der Waals surface area contributed by atoms with Crippen molar-refractivity contribution in [2.75, 3.05) is 11.8 Å². The van der Waals surface area contributed by atoms with E-state index in [0.717, 1.165) is 22.5 Å². The number of benzene rings is 2. The Balaban J connectivity index is 1.69. The lowest BCUT2D eigenvalue weighted by atomic mass is 10.1. The molecule has 0 atom stereocenters. The summed E-state index contributed by atoms with van der Waals surface area (Å²) in [5, 5.41) is 8.78. The molecular weight excluding hydrogens is 386 g/mol. The van der Waals surface area contributed by atoms with E-state index in [0.29, 0.717) is 16.1 Å². The zero-order chi connectivity index (χ0) is 19.4. The molecule has 1 N–H and O–H groups in total. The van der Waals surface area contributed by atoms with Crippen molar-refractivity contribution < 1.29 is 17.9 Å². The molecule has 1 aromatic heterocycles. The van der Waals surface area contributed by atoms with Crippen molar-refractivity contribution >= 4 is 32.5 Å². The predicted molar refractivity (Wildman–Crippen MR) is 104 cm³/mol. The van der Waals surface area contributed by atoms with Gasteiger partial charge in [0.05, 0.1) is 18.4 Å². The molecule has 0 unspecified atom stereocenters. The molecule has 0 radical (unpaired) electrons. The van der Waals surface area contributed by atoms with E-state index >= 15 is 0 Å². The number of nitrogens with one attached hydrogen (secondary N) is 1. The summed E-state index contributed by atoms with van der Waals surface area (Å²) in [4.78, 5) is 11.4. The van der Waals surface area contributed by atoms with Gasteiger partial charge < -0.3 is 4.74 Å². The Bertz CT molecular complexity index is 1040. The molecule has 3 rings (SSSR count). The molecule has 140 valence electrons. The maximum absolute atomic E-state index is 12.4. The Morgan fingerprint density at radius 3 is 2.37 bits per heavy atom. The molecule has 0 saturated carbocycles. The topological polar surface area (TPSA) is 98.2 Å². The number of ether oxygens (including phenoxy) is 1. The van der Waals surface area contributed by atoms with Crippen LogP contribution in [0.3, 0.4) is 0 Å². The summed E-state index contributed by atoms with van der Waals surface area (Å²) >= 11 is 1.16. The number of methoxy groups -OCH3 is 1. The van der Waals surface area contributed by atoms with Crippen LogP contribution in [0.1, 0.15) is 21.5 Å². The van der Waals surface area contributed by atoms with E-state index in [9.17, 15) is 13.2 Å². The third-order valence-corrected chi connectivity index (χ3v) is 5.93. The minimum absolute atomic E-state index is 0.205. The zero-order valence-electron chi connectivity index (χ0n) is 14.7. The molecule has 2 aromatic carbocycles. The fraction of sp³-hybridized carbons (Fsp3) is 0.167. The summed E-state index contributed by atoms with van der Waals surface area (Å²) in [6.07, 6.45) is 0. The molecule has 0 aliphatic carbocycles. The number of carbonyl (C=O) groups is 1. The second-order valence-electron chi connectivity index (χ2n) is 5.83. The summed E-state index contributed by atoms with van der Waals surface area (Å²) in [5.74, 6) is -0.714. The van der Waals surface area contributed by atoms with Crippen LogP contribution < -0.4 is 4.72 Å². The van der Waals surface area contributed by atoms with Gasteiger partial charge in [0.2, 0.25) is 15.2 Å². The molecule has 0 aliphatic heterocycles. The van der Waals surface area contributed by atoms with E-state index in [-0.39, 0.29) is 10.9 Å². The van der Waals surface area contributed by atoms with Crippen molar-refractivity contribution in [3.05, 3.63) is 65.2 Å². The number of aryl methyl sites for hydroxylation is 1. The van der Waals surface area contributed by atoms with Gasteiger partial charge in [0.1, 0.15) is 5.01 Å². The first-order chi connectivity index (χ1) is 12.9. The number of hydrogen-bond acceptors (Lipinski definition) is 7. The van der Waals surface area contributed by atoms with E-state index in [1.165, 1.54) is 19.2 Å².